The molecule has 2 heterocycles. The molecule has 2 aromatic rings. The highest BCUT2D eigenvalue weighted by molar-refractivity contribution is 5.14. The average molecular weight is 234 g/mol. The van der Waals surface area contributed by atoms with Gasteiger partial charge in [-0.1, -0.05) is 6.92 Å². The summed E-state index contributed by atoms with van der Waals surface area (Å²) >= 11 is 0. The molecule has 92 valence electrons. The smallest absolute Gasteiger partial charge is 0.153 e. The summed E-state index contributed by atoms with van der Waals surface area (Å²) in [6, 6.07) is 1.84. The molecule has 1 unspecified atom stereocenters. The number of hydrogen-bond acceptors (Lipinski definition) is 3. The third-order valence-corrected chi connectivity index (χ3v) is 2.80. The Morgan fingerprint density at radius 3 is 2.88 bits per heavy atom. The van der Waals surface area contributed by atoms with Crippen molar-refractivity contribution in [3.8, 4) is 0 Å². The summed E-state index contributed by atoms with van der Waals surface area (Å²) in [7, 11) is 0. The second-order valence-electron chi connectivity index (χ2n) is 3.95. The van der Waals surface area contributed by atoms with Gasteiger partial charge in [-0.15, -0.1) is 0 Å². The zero-order valence-electron chi connectivity index (χ0n) is 10.2. The summed E-state index contributed by atoms with van der Waals surface area (Å²) < 4.78 is 3.77. The molecule has 2 rings (SSSR count). The van der Waals surface area contributed by atoms with E-state index in [9.17, 15) is 5.11 Å². The summed E-state index contributed by atoms with van der Waals surface area (Å²) in [5.41, 5.74) is 0.799. The van der Waals surface area contributed by atoms with Gasteiger partial charge in [0.05, 0.1) is 5.69 Å². The molecule has 5 nitrogen and oxygen atoms in total. The minimum Gasteiger partial charge on any atom is -0.379 e. The van der Waals surface area contributed by atoms with Crippen LogP contribution in [0.1, 0.15) is 37.9 Å². The summed E-state index contributed by atoms with van der Waals surface area (Å²) in [6.07, 6.45) is 5.58. The summed E-state index contributed by atoms with van der Waals surface area (Å²) in [5, 5.41) is 14.6. The molecule has 0 radical (unpaired) electrons. The van der Waals surface area contributed by atoms with Crippen LogP contribution in [0.25, 0.3) is 0 Å². The van der Waals surface area contributed by atoms with Gasteiger partial charge in [0.1, 0.15) is 5.82 Å². The topological polar surface area (TPSA) is 55.9 Å². The minimum atomic E-state index is -0.709. The van der Waals surface area contributed by atoms with Crippen LogP contribution in [0.4, 0.5) is 0 Å². The maximum absolute atomic E-state index is 10.3. The Hall–Kier alpha value is -1.62. The lowest BCUT2D eigenvalue weighted by Crippen LogP contribution is -2.14. The van der Waals surface area contributed by atoms with Crippen molar-refractivity contribution in [2.24, 2.45) is 0 Å². The van der Waals surface area contributed by atoms with E-state index in [4.69, 9.17) is 0 Å². The Bertz CT molecular complexity index is 474. The fraction of sp³-hybridized carbons (Fsp3) is 0.500. The lowest BCUT2D eigenvalue weighted by atomic mass is 10.2. The first-order valence-electron chi connectivity index (χ1n) is 5.98. The predicted molar refractivity (Wildman–Crippen MR) is 64.5 cm³/mol. The van der Waals surface area contributed by atoms with Gasteiger partial charge in [0.2, 0.25) is 0 Å². The van der Waals surface area contributed by atoms with Crippen LogP contribution >= 0.6 is 0 Å². The summed E-state index contributed by atoms with van der Waals surface area (Å²) in [5.74, 6) is 0.672. The zero-order valence-corrected chi connectivity index (χ0v) is 10.2. The first kappa shape index (κ1) is 11.9. The molecule has 0 saturated heterocycles. The second kappa shape index (κ2) is 5.14. The van der Waals surface area contributed by atoms with Gasteiger partial charge in [-0.2, -0.15) is 5.10 Å². The molecule has 0 aliphatic carbocycles. The molecule has 17 heavy (non-hydrogen) atoms. The van der Waals surface area contributed by atoms with E-state index in [2.05, 4.69) is 17.0 Å². The number of aromatic nitrogens is 4. The van der Waals surface area contributed by atoms with Crippen LogP contribution in [0.3, 0.4) is 0 Å². The van der Waals surface area contributed by atoms with Crippen LogP contribution in [-0.4, -0.2) is 24.4 Å². The molecular formula is C12H18N4O. The van der Waals surface area contributed by atoms with Crippen LogP contribution in [0, 0.1) is 0 Å². The molecule has 0 bridgehead atoms. The SMILES string of the molecule is CCCn1nccc1C(O)c1nccn1CC. The first-order valence-corrected chi connectivity index (χ1v) is 5.98. The first-order chi connectivity index (χ1) is 8.27. The van der Waals surface area contributed by atoms with Crippen LogP contribution in [0.5, 0.6) is 0 Å². The number of aliphatic hydroxyl groups excluding tert-OH is 1. The van der Waals surface area contributed by atoms with Gasteiger partial charge in [0.15, 0.2) is 6.10 Å². The van der Waals surface area contributed by atoms with Gasteiger partial charge in [0.25, 0.3) is 0 Å². The van der Waals surface area contributed by atoms with Crippen LogP contribution < -0.4 is 0 Å². The molecule has 0 aliphatic heterocycles. The van der Waals surface area contributed by atoms with Crippen molar-refractivity contribution in [2.75, 3.05) is 0 Å². The third-order valence-electron chi connectivity index (χ3n) is 2.80. The van der Waals surface area contributed by atoms with Gasteiger partial charge >= 0.3 is 0 Å². The van der Waals surface area contributed by atoms with Gasteiger partial charge in [-0.3, -0.25) is 4.68 Å². The molecule has 0 fully saturated rings. The Morgan fingerprint density at radius 1 is 1.35 bits per heavy atom. The van der Waals surface area contributed by atoms with E-state index >= 15 is 0 Å². The molecule has 1 N–H and O–H groups in total. The van der Waals surface area contributed by atoms with Crippen molar-refractivity contribution >= 4 is 0 Å². The van der Waals surface area contributed by atoms with Crippen LogP contribution in [0.15, 0.2) is 24.7 Å². The fourth-order valence-electron chi connectivity index (χ4n) is 1.94. The summed E-state index contributed by atoms with van der Waals surface area (Å²) in [4.78, 5) is 4.22. The monoisotopic (exact) mass is 234 g/mol. The molecule has 2 aromatic heterocycles. The van der Waals surface area contributed by atoms with E-state index in [0.29, 0.717) is 5.82 Å². The lowest BCUT2D eigenvalue weighted by Gasteiger charge is -2.13. The molecule has 5 heteroatoms. The largest absolute Gasteiger partial charge is 0.379 e. The van der Waals surface area contributed by atoms with Crippen LogP contribution in [0.2, 0.25) is 0 Å². The molecule has 0 saturated carbocycles. The standard InChI is InChI=1S/C12H18N4O/c1-3-8-16-10(5-6-14-16)11(17)12-13-7-9-15(12)4-2/h5-7,9,11,17H,3-4,8H2,1-2H3. The minimum absolute atomic E-state index is 0.672. The van der Waals surface area contributed by atoms with E-state index in [1.165, 1.54) is 0 Å². The highest BCUT2D eigenvalue weighted by Gasteiger charge is 2.19. The van der Waals surface area contributed by atoms with Crippen molar-refractivity contribution in [1.29, 1.82) is 0 Å². The Balaban J connectivity index is 2.30. The van der Waals surface area contributed by atoms with E-state index in [-0.39, 0.29) is 0 Å². The van der Waals surface area contributed by atoms with Gasteiger partial charge in [0, 0.05) is 31.7 Å². The molecule has 0 spiro atoms. The summed E-state index contributed by atoms with van der Waals surface area (Å²) in [6.45, 7) is 5.73. The van der Waals surface area contributed by atoms with E-state index in [1.807, 2.05) is 28.4 Å². The molecule has 0 aliphatic rings. The van der Waals surface area contributed by atoms with Crippen molar-refractivity contribution in [2.45, 2.75) is 39.5 Å². The van der Waals surface area contributed by atoms with Crippen molar-refractivity contribution in [3.05, 3.63) is 36.2 Å². The van der Waals surface area contributed by atoms with Crippen LogP contribution in [-0.2, 0) is 13.1 Å². The van der Waals surface area contributed by atoms with E-state index in [0.717, 1.165) is 25.2 Å². The van der Waals surface area contributed by atoms with Gasteiger partial charge < -0.3 is 9.67 Å². The Kier molecular flexibility index (Phi) is 3.58. The number of imidazole rings is 1. The van der Waals surface area contributed by atoms with E-state index in [1.54, 1.807) is 12.4 Å². The molecular weight excluding hydrogens is 216 g/mol. The highest BCUT2D eigenvalue weighted by Crippen LogP contribution is 2.20. The number of aryl methyl sites for hydroxylation is 2. The van der Waals surface area contributed by atoms with Gasteiger partial charge in [-0.05, 0) is 19.4 Å². The predicted octanol–water partition coefficient (Wildman–Crippen LogP) is 1.59. The Morgan fingerprint density at radius 2 is 2.18 bits per heavy atom. The van der Waals surface area contributed by atoms with Gasteiger partial charge in [-0.25, -0.2) is 4.98 Å². The number of nitrogens with zero attached hydrogens (tertiary/aromatic N) is 4. The maximum Gasteiger partial charge on any atom is 0.153 e. The van der Waals surface area contributed by atoms with Crippen molar-refractivity contribution in [3.63, 3.8) is 0 Å². The molecule has 0 aromatic carbocycles. The Labute approximate surface area is 101 Å². The lowest BCUT2D eigenvalue weighted by molar-refractivity contribution is 0.192. The fourth-order valence-corrected chi connectivity index (χ4v) is 1.94. The third kappa shape index (κ3) is 2.24. The van der Waals surface area contributed by atoms with E-state index < -0.39 is 6.10 Å². The normalized spacial score (nSPS) is 12.9. The van der Waals surface area contributed by atoms with Crippen molar-refractivity contribution < 1.29 is 5.11 Å². The zero-order chi connectivity index (χ0) is 12.3. The van der Waals surface area contributed by atoms with Crippen molar-refractivity contribution in [1.82, 2.24) is 19.3 Å². The molecule has 0 amide bonds. The quantitative estimate of drug-likeness (QED) is 0.854. The second-order valence-corrected chi connectivity index (χ2v) is 3.95. The number of aliphatic hydroxyl groups is 1. The average Bonchev–Trinajstić information content (AvgIpc) is 2.96. The number of rotatable bonds is 5. The maximum atomic E-state index is 10.3. The molecule has 1 atom stereocenters. The number of hydrogen-bond donors (Lipinski definition) is 1. The highest BCUT2D eigenvalue weighted by atomic mass is 16.3.